The highest BCUT2D eigenvalue weighted by atomic mass is 32.3. The van der Waals surface area contributed by atoms with Crippen LogP contribution in [0.15, 0.2) is 0 Å². The van der Waals surface area contributed by atoms with Crippen molar-refractivity contribution in [1.29, 1.82) is 0 Å². The molecule has 5 nitrogen and oxygen atoms in total. The van der Waals surface area contributed by atoms with Crippen LogP contribution in [0.4, 0.5) is 0 Å². The fraction of sp³-hybridized carbons (Fsp3) is 1.00. The molecule has 0 aromatic rings. The molecule has 3 aliphatic rings. The molecular weight excluding hydrogens is 334 g/mol. The Morgan fingerprint density at radius 3 is 2.00 bits per heavy atom. The summed E-state index contributed by atoms with van der Waals surface area (Å²) in [6.07, 6.45) is 9.11. The van der Waals surface area contributed by atoms with Crippen molar-refractivity contribution in [2.45, 2.75) is 87.5 Å². The molecule has 0 saturated heterocycles. The summed E-state index contributed by atoms with van der Waals surface area (Å²) in [6.45, 7) is 1.89. The van der Waals surface area contributed by atoms with Gasteiger partial charge in [-0.25, -0.2) is 16.8 Å². The minimum absolute atomic E-state index is 0.438. The van der Waals surface area contributed by atoms with Gasteiger partial charge in [-0.15, -0.1) is 4.13 Å². The van der Waals surface area contributed by atoms with Gasteiger partial charge in [0, 0.05) is 0 Å². The maximum Gasteiger partial charge on any atom is 0.230 e. The smallest absolute Gasteiger partial charge is 0.211 e. The van der Waals surface area contributed by atoms with Gasteiger partial charge in [0.1, 0.15) is 0 Å². The highest BCUT2D eigenvalue weighted by molar-refractivity contribution is 8.05. The van der Waals surface area contributed by atoms with Gasteiger partial charge in [-0.05, 0) is 50.4 Å². The summed E-state index contributed by atoms with van der Waals surface area (Å²) in [5.41, 5.74) is 0. The SMILES string of the molecule is CCC1(S(=O)(=O)NS(=O)(=O)C2CCCC2)CC2CCCC(C2)C1. The lowest BCUT2D eigenvalue weighted by atomic mass is 9.67. The van der Waals surface area contributed by atoms with Crippen molar-refractivity contribution in [2.24, 2.45) is 11.8 Å². The lowest BCUT2D eigenvalue weighted by Gasteiger charge is -2.46. The maximum atomic E-state index is 13.1. The predicted octanol–water partition coefficient (Wildman–Crippen LogP) is 2.93. The summed E-state index contributed by atoms with van der Waals surface area (Å²) in [6, 6.07) is 0. The van der Waals surface area contributed by atoms with Gasteiger partial charge in [-0.1, -0.05) is 39.0 Å². The fourth-order valence-electron chi connectivity index (χ4n) is 5.11. The molecule has 134 valence electrons. The van der Waals surface area contributed by atoms with Crippen molar-refractivity contribution in [3.63, 3.8) is 0 Å². The summed E-state index contributed by atoms with van der Waals surface area (Å²) in [5.74, 6) is 0.876. The van der Waals surface area contributed by atoms with Crippen molar-refractivity contribution in [3.8, 4) is 0 Å². The van der Waals surface area contributed by atoms with E-state index in [1.807, 2.05) is 6.92 Å². The topological polar surface area (TPSA) is 80.3 Å². The van der Waals surface area contributed by atoms with E-state index < -0.39 is 30.0 Å². The number of hydrogen-bond donors (Lipinski definition) is 1. The number of fused-ring (bicyclic) bond motifs is 2. The minimum atomic E-state index is -3.87. The Hall–Kier alpha value is -0.140. The molecule has 2 unspecified atom stereocenters. The van der Waals surface area contributed by atoms with Gasteiger partial charge >= 0.3 is 0 Å². The largest absolute Gasteiger partial charge is 0.230 e. The molecule has 3 fully saturated rings. The highest BCUT2D eigenvalue weighted by Gasteiger charge is 2.51. The number of sulfonamides is 2. The maximum absolute atomic E-state index is 13.1. The summed E-state index contributed by atoms with van der Waals surface area (Å²) in [7, 11) is -7.65. The molecule has 0 spiro atoms. The monoisotopic (exact) mass is 363 g/mol. The van der Waals surface area contributed by atoms with E-state index in [4.69, 9.17) is 0 Å². The van der Waals surface area contributed by atoms with Crippen LogP contribution < -0.4 is 4.13 Å². The molecule has 2 bridgehead atoms. The van der Waals surface area contributed by atoms with E-state index in [0.717, 1.165) is 32.1 Å². The minimum Gasteiger partial charge on any atom is -0.211 e. The van der Waals surface area contributed by atoms with Crippen molar-refractivity contribution < 1.29 is 16.8 Å². The number of nitrogens with one attached hydrogen (secondary N) is 1. The molecule has 3 rings (SSSR count). The first-order valence-corrected chi connectivity index (χ1v) is 12.1. The van der Waals surface area contributed by atoms with Gasteiger partial charge < -0.3 is 0 Å². The van der Waals surface area contributed by atoms with E-state index in [-0.39, 0.29) is 0 Å². The summed E-state index contributed by atoms with van der Waals surface area (Å²) >= 11 is 0. The van der Waals surface area contributed by atoms with Crippen LogP contribution in [0.3, 0.4) is 0 Å². The molecule has 0 aliphatic heterocycles. The Morgan fingerprint density at radius 2 is 1.48 bits per heavy atom. The van der Waals surface area contributed by atoms with Crippen LogP contribution in [0.2, 0.25) is 0 Å². The summed E-state index contributed by atoms with van der Waals surface area (Å²) < 4.78 is 52.4. The first kappa shape index (κ1) is 17.7. The van der Waals surface area contributed by atoms with E-state index in [0.29, 0.717) is 43.9 Å². The zero-order valence-electron chi connectivity index (χ0n) is 14.0. The van der Waals surface area contributed by atoms with Crippen LogP contribution in [-0.4, -0.2) is 26.8 Å². The standard InChI is InChI=1S/C16H29NO4S2/c1-2-16(11-13-6-5-7-14(10-13)12-16)23(20,21)17-22(18,19)15-8-3-4-9-15/h13-15,17H,2-12H2,1H3. The third kappa shape index (κ3) is 3.33. The lowest BCUT2D eigenvalue weighted by Crippen LogP contribution is -2.53. The van der Waals surface area contributed by atoms with Crippen molar-refractivity contribution in [1.82, 2.24) is 4.13 Å². The molecule has 23 heavy (non-hydrogen) atoms. The second kappa shape index (κ2) is 6.30. The fourth-order valence-corrected chi connectivity index (χ4v) is 9.83. The van der Waals surface area contributed by atoms with Crippen LogP contribution in [0.1, 0.15) is 77.6 Å². The predicted molar refractivity (Wildman–Crippen MR) is 90.9 cm³/mol. The molecule has 7 heteroatoms. The van der Waals surface area contributed by atoms with Crippen LogP contribution in [0, 0.1) is 11.8 Å². The number of rotatable bonds is 5. The van der Waals surface area contributed by atoms with Crippen LogP contribution in [0.5, 0.6) is 0 Å². The van der Waals surface area contributed by atoms with E-state index >= 15 is 0 Å². The quantitative estimate of drug-likeness (QED) is 0.814. The Bertz CT molecular complexity index is 623. The first-order chi connectivity index (χ1) is 10.8. The van der Waals surface area contributed by atoms with Crippen LogP contribution in [-0.2, 0) is 20.0 Å². The molecule has 2 atom stereocenters. The Balaban J connectivity index is 1.84. The molecule has 3 aliphatic carbocycles. The van der Waals surface area contributed by atoms with E-state index in [1.54, 1.807) is 0 Å². The Labute approximate surface area is 140 Å². The van der Waals surface area contributed by atoms with Crippen LogP contribution >= 0.6 is 0 Å². The summed E-state index contributed by atoms with van der Waals surface area (Å²) in [5, 5.41) is -0.533. The highest BCUT2D eigenvalue weighted by Crippen LogP contribution is 2.49. The third-order valence-corrected chi connectivity index (χ3v) is 11.3. The zero-order valence-corrected chi connectivity index (χ0v) is 15.6. The number of hydrogen-bond acceptors (Lipinski definition) is 4. The molecule has 3 saturated carbocycles. The third-order valence-electron chi connectivity index (χ3n) is 6.39. The van der Waals surface area contributed by atoms with E-state index in [1.165, 1.54) is 6.42 Å². The van der Waals surface area contributed by atoms with E-state index in [2.05, 4.69) is 4.13 Å². The average Bonchev–Trinajstić information content (AvgIpc) is 3.00. The second-order valence-corrected chi connectivity index (χ2v) is 12.2. The van der Waals surface area contributed by atoms with Gasteiger partial charge in [0.15, 0.2) is 0 Å². The van der Waals surface area contributed by atoms with Crippen LogP contribution in [0.25, 0.3) is 0 Å². The molecule has 1 N–H and O–H groups in total. The molecular formula is C16H29NO4S2. The normalized spacial score (nSPS) is 36.2. The molecule has 0 amide bonds. The van der Waals surface area contributed by atoms with Gasteiger partial charge in [-0.2, -0.15) is 0 Å². The van der Waals surface area contributed by atoms with Crippen molar-refractivity contribution in [2.75, 3.05) is 0 Å². The first-order valence-electron chi connectivity index (χ1n) is 9.05. The van der Waals surface area contributed by atoms with Gasteiger partial charge in [0.2, 0.25) is 20.0 Å². The Morgan fingerprint density at radius 1 is 0.913 bits per heavy atom. The molecule has 0 radical (unpaired) electrons. The molecule has 0 aromatic heterocycles. The lowest BCUT2D eigenvalue weighted by molar-refractivity contribution is 0.147. The van der Waals surface area contributed by atoms with Crippen molar-refractivity contribution in [3.05, 3.63) is 0 Å². The Kier molecular flexibility index (Phi) is 4.84. The average molecular weight is 364 g/mol. The van der Waals surface area contributed by atoms with E-state index in [9.17, 15) is 16.8 Å². The summed E-state index contributed by atoms with van der Waals surface area (Å²) in [4.78, 5) is 0. The van der Waals surface area contributed by atoms with Crippen molar-refractivity contribution >= 4 is 20.0 Å². The molecule has 0 aromatic carbocycles. The second-order valence-electron chi connectivity index (χ2n) is 7.88. The van der Waals surface area contributed by atoms with Gasteiger partial charge in [0.25, 0.3) is 0 Å². The molecule has 0 heterocycles. The zero-order chi connectivity index (χ0) is 16.7. The van der Waals surface area contributed by atoms with Gasteiger partial charge in [0.05, 0.1) is 10.00 Å². The van der Waals surface area contributed by atoms with Gasteiger partial charge in [-0.3, -0.25) is 0 Å².